The van der Waals surface area contributed by atoms with E-state index in [1.54, 1.807) is 48.5 Å². The van der Waals surface area contributed by atoms with Crippen LogP contribution in [0.2, 0.25) is 0 Å². The molecule has 1 N–H and O–H groups in total. The number of thioether (sulfide) groups is 1. The number of halogens is 2. The quantitative estimate of drug-likeness (QED) is 0.0472. The highest BCUT2D eigenvalue weighted by molar-refractivity contribution is 9.10. The zero-order valence-corrected chi connectivity index (χ0v) is 25.1. The summed E-state index contributed by atoms with van der Waals surface area (Å²) in [6, 6.07) is 19.2. The Bertz CT molecular complexity index is 1570. The van der Waals surface area contributed by atoms with Gasteiger partial charge in [0.15, 0.2) is 4.34 Å². The van der Waals surface area contributed by atoms with Crippen LogP contribution in [0.3, 0.4) is 0 Å². The number of rotatable bonds is 10. The van der Waals surface area contributed by atoms with Gasteiger partial charge in [-0.25, -0.2) is 4.39 Å². The van der Waals surface area contributed by atoms with Crippen molar-refractivity contribution in [2.45, 2.75) is 35.9 Å². The molecule has 1 amide bonds. The highest BCUT2D eigenvalue weighted by Crippen LogP contribution is 2.44. The van der Waals surface area contributed by atoms with Crippen LogP contribution in [0.25, 0.3) is 5.76 Å². The molecule has 0 aliphatic carbocycles. The molecule has 3 aromatic carbocycles. The Labute approximate surface area is 253 Å². The van der Waals surface area contributed by atoms with Crippen LogP contribution in [0.5, 0.6) is 5.75 Å². The van der Waals surface area contributed by atoms with Crippen molar-refractivity contribution >= 4 is 61.6 Å². The van der Waals surface area contributed by atoms with E-state index in [9.17, 15) is 19.1 Å². The average Bonchev–Trinajstić information content (AvgIpc) is 3.55. The highest BCUT2D eigenvalue weighted by atomic mass is 79.9. The van der Waals surface area contributed by atoms with Gasteiger partial charge in [0.1, 0.15) is 17.3 Å². The highest BCUT2D eigenvalue weighted by Gasteiger charge is 2.48. The largest absolute Gasteiger partial charge is 0.507 e. The summed E-state index contributed by atoms with van der Waals surface area (Å²) in [5, 5.41) is 20.0. The molecule has 1 aromatic heterocycles. The minimum Gasteiger partial charge on any atom is -0.507 e. The van der Waals surface area contributed by atoms with E-state index in [4.69, 9.17) is 4.74 Å². The van der Waals surface area contributed by atoms with Crippen LogP contribution in [0.15, 0.2) is 87.2 Å². The topological polar surface area (TPSA) is 92.6 Å². The zero-order chi connectivity index (χ0) is 28.9. The first-order chi connectivity index (χ1) is 19.9. The van der Waals surface area contributed by atoms with Crippen LogP contribution in [-0.4, -0.2) is 33.6 Å². The minimum absolute atomic E-state index is 0.0345. The second-order valence-electron chi connectivity index (χ2n) is 9.21. The Balaban J connectivity index is 1.47. The van der Waals surface area contributed by atoms with Gasteiger partial charge < -0.3 is 9.84 Å². The van der Waals surface area contributed by atoms with E-state index in [2.05, 4.69) is 33.1 Å². The molecular formula is C30H25BrFN3O4S2. The molecule has 2 heterocycles. The lowest BCUT2D eigenvalue weighted by Gasteiger charge is -2.22. The summed E-state index contributed by atoms with van der Waals surface area (Å²) in [5.41, 5.74) is 1.89. The van der Waals surface area contributed by atoms with Crippen molar-refractivity contribution in [1.82, 2.24) is 10.2 Å². The molecule has 11 heteroatoms. The van der Waals surface area contributed by atoms with Gasteiger partial charge in [-0.1, -0.05) is 76.6 Å². The van der Waals surface area contributed by atoms with Gasteiger partial charge in [-0.05, 0) is 66.1 Å². The van der Waals surface area contributed by atoms with Crippen LogP contribution >= 0.6 is 39.0 Å². The van der Waals surface area contributed by atoms with E-state index in [0.29, 0.717) is 33.6 Å². The van der Waals surface area contributed by atoms with Crippen LogP contribution in [0, 0.1) is 5.82 Å². The fourth-order valence-electron chi connectivity index (χ4n) is 4.27. The van der Waals surface area contributed by atoms with E-state index >= 15 is 0 Å². The lowest BCUT2D eigenvalue weighted by atomic mass is 9.95. The van der Waals surface area contributed by atoms with Gasteiger partial charge in [0.25, 0.3) is 5.78 Å². The maximum absolute atomic E-state index is 13.4. The number of carbonyl (C=O) groups is 2. The number of aliphatic hydroxyl groups is 1. The summed E-state index contributed by atoms with van der Waals surface area (Å²) in [7, 11) is 0. The lowest BCUT2D eigenvalue weighted by molar-refractivity contribution is -0.132. The lowest BCUT2D eigenvalue weighted by Crippen LogP contribution is -2.29. The number of ether oxygens (including phenoxy) is 1. The van der Waals surface area contributed by atoms with Gasteiger partial charge in [-0.2, -0.15) is 0 Å². The molecule has 1 atom stereocenters. The van der Waals surface area contributed by atoms with Crippen LogP contribution < -0.4 is 9.64 Å². The Morgan fingerprint density at radius 3 is 2.44 bits per heavy atom. The van der Waals surface area contributed by atoms with Crippen LogP contribution in [0.1, 0.15) is 42.5 Å². The molecule has 7 nitrogen and oxygen atoms in total. The maximum Gasteiger partial charge on any atom is 0.301 e. The summed E-state index contributed by atoms with van der Waals surface area (Å²) in [6.07, 6.45) is 1.94. The first-order valence-electron chi connectivity index (χ1n) is 12.9. The summed E-state index contributed by atoms with van der Waals surface area (Å²) in [5.74, 6) is -1.02. The fraction of sp³-hybridized carbons (Fsp3) is 0.200. The third kappa shape index (κ3) is 6.52. The number of amides is 1. The zero-order valence-electron chi connectivity index (χ0n) is 21.9. The van der Waals surface area contributed by atoms with Crippen molar-refractivity contribution in [2.24, 2.45) is 0 Å². The smallest absolute Gasteiger partial charge is 0.301 e. The van der Waals surface area contributed by atoms with Crippen LogP contribution in [0.4, 0.5) is 9.52 Å². The van der Waals surface area contributed by atoms with Crippen molar-refractivity contribution in [3.05, 3.63) is 105 Å². The van der Waals surface area contributed by atoms with Gasteiger partial charge in [0.05, 0.1) is 18.2 Å². The Morgan fingerprint density at radius 1 is 1.05 bits per heavy atom. The van der Waals surface area contributed by atoms with Crippen LogP contribution in [-0.2, 0) is 15.3 Å². The monoisotopic (exact) mass is 653 g/mol. The number of nitrogens with zero attached hydrogens (tertiary/aromatic N) is 3. The number of aliphatic hydroxyl groups excluding tert-OH is 1. The van der Waals surface area contributed by atoms with Crippen molar-refractivity contribution in [3.8, 4) is 5.75 Å². The second kappa shape index (κ2) is 13.0. The number of Topliss-reactive ketones (excluding diaryl/α,β-unsaturated/α-hetero) is 1. The van der Waals surface area contributed by atoms with Gasteiger partial charge in [0, 0.05) is 15.8 Å². The fourth-order valence-corrected chi connectivity index (χ4v) is 6.36. The molecule has 1 aliphatic heterocycles. The number of hydrogen-bond donors (Lipinski definition) is 1. The maximum atomic E-state index is 13.4. The Morgan fingerprint density at radius 2 is 1.76 bits per heavy atom. The predicted octanol–water partition coefficient (Wildman–Crippen LogP) is 7.54. The minimum atomic E-state index is -0.911. The predicted molar refractivity (Wildman–Crippen MR) is 162 cm³/mol. The molecule has 0 spiro atoms. The molecule has 5 rings (SSSR count). The number of ketones is 1. The van der Waals surface area contributed by atoms with E-state index < -0.39 is 17.7 Å². The third-order valence-corrected chi connectivity index (χ3v) is 9.06. The van der Waals surface area contributed by atoms with E-state index in [1.165, 1.54) is 40.1 Å². The van der Waals surface area contributed by atoms with Crippen molar-refractivity contribution in [3.63, 3.8) is 0 Å². The molecule has 0 radical (unpaired) electrons. The summed E-state index contributed by atoms with van der Waals surface area (Å²) >= 11 is 5.99. The molecular weight excluding hydrogens is 629 g/mol. The third-order valence-electron chi connectivity index (χ3n) is 6.40. The van der Waals surface area contributed by atoms with Crippen molar-refractivity contribution < 1.29 is 23.8 Å². The number of anilines is 1. The first kappa shape index (κ1) is 29.0. The second-order valence-corrected chi connectivity index (χ2v) is 12.3. The van der Waals surface area contributed by atoms with E-state index in [-0.39, 0.29) is 22.3 Å². The number of carbonyl (C=O) groups excluding carboxylic acids is 2. The van der Waals surface area contributed by atoms with Gasteiger partial charge in [-0.3, -0.25) is 14.5 Å². The van der Waals surface area contributed by atoms with Gasteiger partial charge in [0.2, 0.25) is 5.13 Å². The summed E-state index contributed by atoms with van der Waals surface area (Å²) < 4.78 is 20.4. The number of aromatic nitrogens is 2. The molecule has 210 valence electrons. The Hall–Kier alpha value is -3.54. The number of unbranched alkanes of at least 4 members (excludes halogenated alkanes) is 1. The number of benzene rings is 3. The molecule has 0 bridgehead atoms. The average molecular weight is 655 g/mol. The summed E-state index contributed by atoms with van der Waals surface area (Å²) in [4.78, 5) is 28.1. The van der Waals surface area contributed by atoms with E-state index in [0.717, 1.165) is 22.9 Å². The van der Waals surface area contributed by atoms with Gasteiger partial charge >= 0.3 is 5.91 Å². The first-order valence-corrected chi connectivity index (χ1v) is 15.5. The molecule has 0 unspecified atom stereocenters. The molecule has 1 aliphatic rings. The molecule has 4 aromatic rings. The molecule has 1 saturated heterocycles. The SMILES string of the molecule is CCCCOc1ccc(C(O)=C2C(=O)C(=O)N(c3nnc(SCc4ccc(F)cc4)s3)[C@H]2c2ccc(Br)cc2)cc1. The van der Waals surface area contributed by atoms with Crippen molar-refractivity contribution in [2.75, 3.05) is 11.5 Å². The van der Waals surface area contributed by atoms with Gasteiger partial charge in [-0.15, -0.1) is 10.2 Å². The van der Waals surface area contributed by atoms with E-state index in [1.807, 2.05) is 12.1 Å². The molecule has 1 fully saturated rings. The normalized spacial score (nSPS) is 16.4. The molecule has 41 heavy (non-hydrogen) atoms. The summed E-state index contributed by atoms with van der Waals surface area (Å²) in [6.45, 7) is 2.67. The van der Waals surface area contributed by atoms with Crippen molar-refractivity contribution in [1.29, 1.82) is 0 Å². The standard InChI is InChI=1S/C30H25BrFN3O4S2/c1-2-3-16-39-23-14-8-20(9-15-23)26(36)24-25(19-6-10-21(31)11-7-19)35(28(38)27(24)37)29-33-34-30(41-29)40-17-18-4-12-22(32)13-5-18/h4-15,25,36H,2-3,16-17H2,1H3/t25-/m0/s1. The number of hydrogen-bond acceptors (Lipinski definition) is 8. The Kier molecular flexibility index (Phi) is 9.16. The molecule has 0 saturated carbocycles.